The Morgan fingerprint density at radius 2 is 2.11 bits per heavy atom. The Kier molecular flexibility index (Phi) is 4.14. The van der Waals surface area contributed by atoms with Gasteiger partial charge in [0.05, 0.1) is 11.6 Å². The summed E-state index contributed by atoms with van der Waals surface area (Å²) in [5.74, 6) is 5.53. The Morgan fingerprint density at radius 3 is 2.53 bits per heavy atom. The molecule has 1 aliphatic rings. The van der Waals surface area contributed by atoms with Gasteiger partial charge in [0.25, 0.3) is 0 Å². The first-order chi connectivity index (χ1) is 8.93. The Hall–Kier alpha value is -0.700. The number of nitrogens with zero attached hydrogens (tertiary/aromatic N) is 1. The molecule has 8 heteroatoms. The van der Waals surface area contributed by atoms with E-state index in [1.165, 1.54) is 6.20 Å². The number of nitrogens with two attached hydrogens (primary N) is 1. The van der Waals surface area contributed by atoms with E-state index in [1.54, 1.807) is 7.11 Å². The molecule has 1 aliphatic carbocycles. The molecular formula is C11H16F3N3OS. The van der Waals surface area contributed by atoms with Crippen molar-refractivity contribution < 1.29 is 17.9 Å². The Morgan fingerprint density at radius 1 is 1.47 bits per heavy atom. The molecule has 0 aliphatic heterocycles. The summed E-state index contributed by atoms with van der Waals surface area (Å²) >= 11 is 0.615. The highest BCUT2D eigenvalue weighted by atomic mass is 32.1. The van der Waals surface area contributed by atoms with Gasteiger partial charge in [-0.15, -0.1) is 11.3 Å². The van der Waals surface area contributed by atoms with Gasteiger partial charge in [0.2, 0.25) is 0 Å². The molecule has 0 amide bonds. The molecule has 0 bridgehead atoms. The van der Waals surface area contributed by atoms with Gasteiger partial charge >= 0.3 is 6.18 Å². The van der Waals surface area contributed by atoms with Gasteiger partial charge in [-0.2, -0.15) is 13.2 Å². The van der Waals surface area contributed by atoms with Crippen LogP contribution in [0.25, 0.3) is 0 Å². The highest BCUT2D eigenvalue weighted by molar-refractivity contribution is 7.11. The standard InChI is InChI=1S/C11H16F3N3OS/c1-18-10(4-2-3-5-10)8(17-15)7-6-16-9(19-7)11(12,13)14/h6,8,17H,2-5,15H2,1H3. The molecule has 19 heavy (non-hydrogen) atoms. The van der Waals surface area contributed by atoms with Crippen LogP contribution in [-0.4, -0.2) is 17.7 Å². The van der Waals surface area contributed by atoms with Gasteiger partial charge in [-0.3, -0.25) is 5.84 Å². The molecule has 1 heterocycles. The number of methoxy groups -OCH3 is 1. The molecule has 2 rings (SSSR count). The van der Waals surface area contributed by atoms with Crippen molar-refractivity contribution in [1.82, 2.24) is 10.4 Å². The van der Waals surface area contributed by atoms with E-state index in [-0.39, 0.29) is 0 Å². The van der Waals surface area contributed by atoms with E-state index < -0.39 is 22.8 Å². The normalized spacial score (nSPS) is 20.7. The van der Waals surface area contributed by atoms with Crippen molar-refractivity contribution in [2.24, 2.45) is 5.84 Å². The van der Waals surface area contributed by atoms with Crippen molar-refractivity contribution in [1.29, 1.82) is 0 Å². The van der Waals surface area contributed by atoms with Crippen molar-refractivity contribution >= 4 is 11.3 Å². The van der Waals surface area contributed by atoms with Gasteiger partial charge < -0.3 is 4.74 Å². The lowest BCUT2D eigenvalue weighted by Gasteiger charge is -2.35. The first-order valence-electron chi connectivity index (χ1n) is 5.97. The lowest BCUT2D eigenvalue weighted by Crippen LogP contribution is -2.45. The van der Waals surface area contributed by atoms with Crippen LogP contribution in [0.4, 0.5) is 13.2 Å². The van der Waals surface area contributed by atoms with Crippen LogP contribution in [0, 0.1) is 0 Å². The van der Waals surface area contributed by atoms with E-state index in [0.29, 0.717) is 16.2 Å². The predicted molar refractivity (Wildman–Crippen MR) is 65.4 cm³/mol. The summed E-state index contributed by atoms with van der Waals surface area (Å²) in [6.07, 6.45) is 0.332. The molecule has 0 radical (unpaired) electrons. The van der Waals surface area contributed by atoms with Gasteiger partial charge in [-0.1, -0.05) is 12.8 Å². The molecule has 0 saturated heterocycles. The van der Waals surface area contributed by atoms with Gasteiger partial charge in [-0.25, -0.2) is 10.4 Å². The van der Waals surface area contributed by atoms with E-state index in [4.69, 9.17) is 10.6 Å². The fourth-order valence-electron chi connectivity index (χ4n) is 2.63. The van der Waals surface area contributed by atoms with Crippen LogP contribution < -0.4 is 11.3 Å². The number of thiazole rings is 1. The number of hydrogen-bond acceptors (Lipinski definition) is 5. The smallest absolute Gasteiger partial charge is 0.376 e. The maximum Gasteiger partial charge on any atom is 0.443 e. The number of hydrazine groups is 1. The van der Waals surface area contributed by atoms with Crippen molar-refractivity contribution in [3.8, 4) is 0 Å². The van der Waals surface area contributed by atoms with Crippen LogP contribution in [0.15, 0.2) is 6.20 Å². The summed E-state index contributed by atoms with van der Waals surface area (Å²) in [5.41, 5.74) is 2.06. The zero-order valence-corrected chi connectivity index (χ0v) is 11.3. The first kappa shape index (κ1) is 14.7. The largest absolute Gasteiger partial charge is 0.443 e. The zero-order chi connectivity index (χ0) is 14.1. The van der Waals surface area contributed by atoms with Crippen molar-refractivity contribution in [2.45, 2.75) is 43.5 Å². The number of hydrogen-bond donors (Lipinski definition) is 2. The average Bonchev–Trinajstić information content (AvgIpc) is 2.98. The number of halogens is 3. The van der Waals surface area contributed by atoms with Crippen LogP contribution in [-0.2, 0) is 10.9 Å². The Balaban J connectivity index is 2.29. The van der Waals surface area contributed by atoms with Gasteiger partial charge in [0.15, 0.2) is 5.01 Å². The summed E-state index contributed by atoms with van der Waals surface area (Å²) in [5, 5.41) is -0.855. The number of alkyl halides is 3. The van der Waals surface area contributed by atoms with E-state index in [2.05, 4.69) is 10.4 Å². The summed E-state index contributed by atoms with van der Waals surface area (Å²) in [6.45, 7) is 0. The van der Waals surface area contributed by atoms with Crippen molar-refractivity contribution in [2.75, 3.05) is 7.11 Å². The Labute approximate surface area is 113 Å². The van der Waals surface area contributed by atoms with Crippen LogP contribution in [0.5, 0.6) is 0 Å². The van der Waals surface area contributed by atoms with Crippen LogP contribution in [0.2, 0.25) is 0 Å². The third kappa shape index (κ3) is 2.76. The molecular weight excluding hydrogens is 279 g/mol. The molecule has 1 unspecified atom stereocenters. The third-order valence-electron chi connectivity index (χ3n) is 3.60. The second-order valence-electron chi connectivity index (χ2n) is 4.64. The predicted octanol–water partition coefficient (Wildman–Crippen LogP) is 2.63. The quantitative estimate of drug-likeness (QED) is 0.662. The van der Waals surface area contributed by atoms with Crippen LogP contribution >= 0.6 is 11.3 Å². The SMILES string of the molecule is COC1(C(NN)c2cnc(C(F)(F)F)s2)CCCC1. The number of rotatable bonds is 4. The molecule has 4 nitrogen and oxygen atoms in total. The fourth-order valence-corrected chi connectivity index (χ4v) is 3.58. The van der Waals surface area contributed by atoms with Crippen LogP contribution in [0.3, 0.4) is 0 Å². The second kappa shape index (κ2) is 5.35. The minimum Gasteiger partial charge on any atom is -0.376 e. The first-order valence-corrected chi connectivity index (χ1v) is 6.79. The maximum absolute atomic E-state index is 12.6. The highest BCUT2D eigenvalue weighted by Crippen LogP contribution is 2.44. The molecule has 1 atom stereocenters. The topological polar surface area (TPSA) is 60.2 Å². The maximum atomic E-state index is 12.6. The van der Waals surface area contributed by atoms with E-state index in [0.717, 1.165) is 25.7 Å². The minimum atomic E-state index is -4.42. The summed E-state index contributed by atoms with van der Waals surface area (Å²) in [6, 6.07) is -0.464. The van der Waals surface area contributed by atoms with Gasteiger partial charge in [-0.05, 0) is 12.8 Å². The second-order valence-corrected chi connectivity index (χ2v) is 5.70. The molecule has 3 N–H and O–H groups in total. The molecule has 1 saturated carbocycles. The van der Waals surface area contributed by atoms with E-state index in [1.807, 2.05) is 0 Å². The van der Waals surface area contributed by atoms with E-state index in [9.17, 15) is 13.2 Å². The molecule has 1 aromatic rings. The molecule has 0 aromatic carbocycles. The highest BCUT2D eigenvalue weighted by Gasteiger charge is 2.44. The summed E-state index contributed by atoms with van der Waals surface area (Å²) in [4.78, 5) is 3.89. The summed E-state index contributed by atoms with van der Waals surface area (Å²) in [7, 11) is 1.57. The fraction of sp³-hybridized carbons (Fsp3) is 0.727. The van der Waals surface area contributed by atoms with Crippen LogP contribution in [0.1, 0.15) is 41.6 Å². The monoisotopic (exact) mass is 295 g/mol. The van der Waals surface area contributed by atoms with Gasteiger partial charge in [0.1, 0.15) is 0 Å². The average molecular weight is 295 g/mol. The third-order valence-corrected chi connectivity index (χ3v) is 4.71. The Bertz CT molecular complexity index is 429. The van der Waals surface area contributed by atoms with Crippen molar-refractivity contribution in [3.05, 3.63) is 16.1 Å². The zero-order valence-electron chi connectivity index (χ0n) is 10.5. The molecule has 1 aromatic heterocycles. The number of ether oxygens (including phenoxy) is 1. The lowest BCUT2D eigenvalue weighted by atomic mass is 9.91. The molecule has 1 fully saturated rings. The number of nitrogens with one attached hydrogen (secondary N) is 1. The number of aromatic nitrogens is 1. The molecule has 0 spiro atoms. The minimum absolute atomic E-state index is 0.457. The lowest BCUT2D eigenvalue weighted by molar-refractivity contribution is -0.137. The van der Waals surface area contributed by atoms with Gasteiger partial charge in [0, 0.05) is 18.2 Å². The van der Waals surface area contributed by atoms with Crippen molar-refractivity contribution in [3.63, 3.8) is 0 Å². The summed E-state index contributed by atoms with van der Waals surface area (Å²) < 4.78 is 43.3. The van der Waals surface area contributed by atoms with E-state index >= 15 is 0 Å². The molecule has 108 valence electrons.